The standard InChI is InChI=1S/C20H29NO8/c1-9(2)19(29-20(25)27-5)28-18(24)16-14-11(7-6-8-12(14)26-4)15-13(10(3)22)17(23)21(15)16/h9-13,15,19,22H,6-8H2,1-5H3/t10?,11-,12-,13+,15+,19?/m0/s1. The average molecular weight is 411 g/mol. The Bertz CT molecular complexity index is 715. The molecule has 1 saturated heterocycles. The molecule has 2 unspecified atom stereocenters. The van der Waals surface area contributed by atoms with Crippen LogP contribution in [0.4, 0.5) is 4.79 Å². The van der Waals surface area contributed by atoms with Crippen LogP contribution in [0.5, 0.6) is 0 Å². The molecule has 0 spiro atoms. The molecule has 0 aromatic rings. The minimum atomic E-state index is -1.16. The van der Waals surface area contributed by atoms with E-state index in [9.17, 15) is 19.5 Å². The molecule has 9 nitrogen and oxygen atoms in total. The zero-order valence-corrected chi connectivity index (χ0v) is 17.4. The number of aliphatic hydroxyl groups is 1. The fraction of sp³-hybridized carbons (Fsp3) is 0.750. The van der Waals surface area contributed by atoms with Gasteiger partial charge in [-0.2, -0.15) is 0 Å². The number of hydrogen-bond acceptors (Lipinski definition) is 8. The molecule has 2 aliphatic heterocycles. The molecular weight excluding hydrogens is 382 g/mol. The molecule has 0 bridgehead atoms. The normalized spacial score (nSPS) is 30.3. The van der Waals surface area contributed by atoms with E-state index < -0.39 is 30.4 Å². The Hall–Kier alpha value is -2.13. The van der Waals surface area contributed by atoms with Crippen LogP contribution in [0.2, 0.25) is 0 Å². The number of aliphatic hydroxyl groups excluding tert-OH is 1. The summed E-state index contributed by atoms with van der Waals surface area (Å²) in [4.78, 5) is 38.8. The van der Waals surface area contributed by atoms with Gasteiger partial charge in [0.1, 0.15) is 5.70 Å². The highest BCUT2D eigenvalue weighted by atomic mass is 16.8. The van der Waals surface area contributed by atoms with Gasteiger partial charge in [0.2, 0.25) is 5.91 Å². The van der Waals surface area contributed by atoms with Gasteiger partial charge in [-0.1, -0.05) is 13.8 Å². The lowest BCUT2D eigenvalue weighted by molar-refractivity contribution is -0.181. The van der Waals surface area contributed by atoms with Crippen LogP contribution in [0.3, 0.4) is 0 Å². The molecule has 2 heterocycles. The molecular formula is C20H29NO8. The molecule has 1 N–H and O–H groups in total. The summed E-state index contributed by atoms with van der Waals surface area (Å²) in [5, 5.41) is 10.1. The Morgan fingerprint density at radius 1 is 1.14 bits per heavy atom. The second-order valence-corrected chi connectivity index (χ2v) is 8.12. The number of esters is 1. The third kappa shape index (κ3) is 3.61. The van der Waals surface area contributed by atoms with Crippen molar-refractivity contribution in [2.75, 3.05) is 14.2 Å². The minimum Gasteiger partial charge on any atom is -0.438 e. The summed E-state index contributed by atoms with van der Waals surface area (Å²) < 4.78 is 20.6. The summed E-state index contributed by atoms with van der Waals surface area (Å²) in [5.74, 6) is -1.98. The van der Waals surface area contributed by atoms with Gasteiger partial charge in [0.15, 0.2) is 0 Å². The lowest BCUT2D eigenvalue weighted by atomic mass is 9.72. The molecule has 3 rings (SSSR count). The van der Waals surface area contributed by atoms with Crippen LogP contribution in [-0.4, -0.2) is 66.8 Å². The van der Waals surface area contributed by atoms with Crippen molar-refractivity contribution >= 4 is 18.0 Å². The van der Waals surface area contributed by atoms with E-state index in [-0.39, 0.29) is 35.6 Å². The van der Waals surface area contributed by atoms with Gasteiger partial charge in [-0.25, -0.2) is 9.59 Å². The summed E-state index contributed by atoms with van der Waals surface area (Å²) in [6, 6.07) is -0.281. The third-order valence-electron chi connectivity index (χ3n) is 5.99. The van der Waals surface area contributed by atoms with Crippen molar-refractivity contribution in [3.05, 3.63) is 11.3 Å². The van der Waals surface area contributed by atoms with Gasteiger partial charge >= 0.3 is 12.1 Å². The highest BCUT2D eigenvalue weighted by molar-refractivity contribution is 6.01. The van der Waals surface area contributed by atoms with E-state index in [0.717, 1.165) is 24.8 Å². The maximum absolute atomic E-state index is 13.1. The molecule has 3 aliphatic rings. The first-order valence-electron chi connectivity index (χ1n) is 9.96. The number of carbonyl (C=O) groups is 3. The first-order chi connectivity index (χ1) is 13.7. The van der Waals surface area contributed by atoms with Crippen molar-refractivity contribution in [2.24, 2.45) is 17.8 Å². The van der Waals surface area contributed by atoms with Gasteiger partial charge in [-0.3, -0.25) is 4.79 Å². The molecule has 2 fully saturated rings. The average Bonchev–Trinajstić information content (AvgIpc) is 2.97. The van der Waals surface area contributed by atoms with Crippen molar-refractivity contribution in [3.63, 3.8) is 0 Å². The SMILES string of the molecule is COC(=O)OC(OC(=O)C1=C2[C@@H](OC)CCC[C@@H]2[C@@H]2[C@@H](C(C)O)C(=O)N12)C(C)C. The maximum atomic E-state index is 13.1. The number of rotatable bonds is 6. The van der Waals surface area contributed by atoms with Crippen molar-refractivity contribution in [2.45, 2.75) is 64.6 Å². The summed E-state index contributed by atoms with van der Waals surface area (Å²) in [6.07, 6.45) is -0.792. The van der Waals surface area contributed by atoms with Crippen LogP contribution in [0.15, 0.2) is 11.3 Å². The van der Waals surface area contributed by atoms with E-state index >= 15 is 0 Å². The van der Waals surface area contributed by atoms with Crippen molar-refractivity contribution < 1.29 is 38.4 Å². The van der Waals surface area contributed by atoms with Crippen LogP contribution in [0, 0.1) is 17.8 Å². The van der Waals surface area contributed by atoms with E-state index in [1.54, 1.807) is 27.9 Å². The second-order valence-electron chi connectivity index (χ2n) is 8.12. The smallest absolute Gasteiger partial charge is 0.438 e. The molecule has 162 valence electrons. The number of methoxy groups -OCH3 is 2. The Balaban J connectivity index is 1.92. The fourth-order valence-corrected chi connectivity index (χ4v) is 4.67. The van der Waals surface area contributed by atoms with Crippen LogP contribution in [-0.2, 0) is 28.5 Å². The van der Waals surface area contributed by atoms with Crippen LogP contribution < -0.4 is 0 Å². The predicted molar refractivity (Wildman–Crippen MR) is 99.2 cm³/mol. The Kier molecular flexibility index (Phi) is 6.19. The van der Waals surface area contributed by atoms with Crippen LogP contribution in [0.25, 0.3) is 0 Å². The van der Waals surface area contributed by atoms with Gasteiger partial charge < -0.3 is 29.0 Å². The molecule has 0 aromatic heterocycles. The molecule has 9 heteroatoms. The van der Waals surface area contributed by atoms with E-state index in [4.69, 9.17) is 14.2 Å². The first-order valence-corrected chi connectivity index (χ1v) is 9.96. The molecule has 1 amide bonds. The lowest BCUT2D eigenvalue weighted by Gasteiger charge is -2.47. The lowest BCUT2D eigenvalue weighted by Crippen LogP contribution is -2.64. The van der Waals surface area contributed by atoms with Gasteiger partial charge in [-0.05, 0) is 31.8 Å². The molecule has 29 heavy (non-hydrogen) atoms. The van der Waals surface area contributed by atoms with Crippen molar-refractivity contribution in [1.29, 1.82) is 0 Å². The van der Waals surface area contributed by atoms with Gasteiger partial charge in [0, 0.05) is 18.9 Å². The molecule has 1 saturated carbocycles. The van der Waals surface area contributed by atoms with E-state index in [1.807, 2.05) is 0 Å². The molecule has 1 aliphatic carbocycles. The van der Waals surface area contributed by atoms with E-state index in [2.05, 4.69) is 4.74 Å². The Labute approximate surface area is 169 Å². The third-order valence-corrected chi connectivity index (χ3v) is 5.99. The second kappa shape index (κ2) is 8.31. The summed E-state index contributed by atoms with van der Waals surface area (Å²) in [7, 11) is 2.74. The quantitative estimate of drug-likeness (QED) is 0.398. The van der Waals surface area contributed by atoms with Crippen LogP contribution >= 0.6 is 0 Å². The van der Waals surface area contributed by atoms with Crippen molar-refractivity contribution in [3.8, 4) is 0 Å². The molecule has 6 atom stereocenters. The Morgan fingerprint density at radius 2 is 1.83 bits per heavy atom. The first kappa shape index (κ1) is 21.6. The fourth-order valence-electron chi connectivity index (χ4n) is 4.67. The highest BCUT2D eigenvalue weighted by Crippen LogP contribution is 2.52. The zero-order valence-electron chi connectivity index (χ0n) is 17.4. The van der Waals surface area contributed by atoms with Crippen LogP contribution in [0.1, 0.15) is 40.0 Å². The molecule has 0 aromatic carbocycles. The van der Waals surface area contributed by atoms with Gasteiger partial charge in [-0.15, -0.1) is 0 Å². The predicted octanol–water partition coefficient (Wildman–Crippen LogP) is 1.59. The summed E-state index contributed by atoms with van der Waals surface area (Å²) >= 11 is 0. The monoisotopic (exact) mass is 411 g/mol. The van der Waals surface area contributed by atoms with E-state index in [0.29, 0.717) is 0 Å². The number of fused-ring (bicyclic) bond motifs is 3. The largest absolute Gasteiger partial charge is 0.511 e. The topological polar surface area (TPSA) is 112 Å². The molecule has 0 radical (unpaired) electrons. The zero-order chi connectivity index (χ0) is 21.5. The van der Waals surface area contributed by atoms with Gasteiger partial charge in [0.05, 0.1) is 31.3 Å². The Morgan fingerprint density at radius 3 is 2.38 bits per heavy atom. The van der Waals surface area contributed by atoms with Crippen molar-refractivity contribution in [1.82, 2.24) is 4.90 Å². The number of nitrogens with zero attached hydrogens (tertiary/aromatic N) is 1. The minimum absolute atomic E-state index is 0.0624. The number of ether oxygens (including phenoxy) is 4. The van der Waals surface area contributed by atoms with Gasteiger partial charge in [0.25, 0.3) is 6.29 Å². The van der Waals surface area contributed by atoms with E-state index in [1.165, 1.54) is 12.0 Å². The number of hydrogen-bond donors (Lipinski definition) is 1. The summed E-state index contributed by atoms with van der Waals surface area (Å²) in [6.45, 7) is 5.05. The maximum Gasteiger partial charge on any atom is 0.511 e. The number of amides is 1. The highest BCUT2D eigenvalue weighted by Gasteiger charge is 2.62. The summed E-state index contributed by atoms with van der Waals surface area (Å²) in [5.41, 5.74) is 0.901. The number of carbonyl (C=O) groups excluding carboxylic acids is 3. The number of β-lactam (4-membered cyclic amide) rings is 1.